The van der Waals surface area contributed by atoms with Crippen LogP contribution in [-0.4, -0.2) is 26.2 Å². The van der Waals surface area contributed by atoms with E-state index in [1.807, 2.05) is 19.1 Å². The van der Waals surface area contributed by atoms with Crippen LogP contribution in [0.4, 0.5) is 0 Å². The maximum absolute atomic E-state index is 12.3. The first-order chi connectivity index (χ1) is 8.88. The average Bonchev–Trinajstić information content (AvgIpc) is 2.76. The lowest BCUT2D eigenvalue weighted by Crippen LogP contribution is -2.29. The molecular formula is C14H21NO3S. The van der Waals surface area contributed by atoms with Crippen LogP contribution in [0.2, 0.25) is 0 Å². The second-order valence-electron chi connectivity index (χ2n) is 5.45. The van der Waals surface area contributed by atoms with Crippen LogP contribution < -0.4 is 4.72 Å². The maximum Gasteiger partial charge on any atom is 0.240 e. The maximum atomic E-state index is 12.3. The molecule has 0 aliphatic heterocycles. The van der Waals surface area contributed by atoms with Gasteiger partial charge in [0.2, 0.25) is 10.0 Å². The van der Waals surface area contributed by atoms with Gasteiger partial charge in [0, 0.05) is 6.54 Å². The quantitative estimate of drug-likeness (QED) is 0.884. The summed E-state index contributed by atoms with van der Waals surface area (Å²) in [5.41, 5.74) is 1.69. The van der Waals surface area contributed by atoms with Crippen molar-refractivity contribution in [3.05, 3.63) is 29.3 Å². The zero-order valence-corrected chi connectivity index (χ0v) is 12.2. The fourth-order valence-corrected chi connectivity index (χ4v) is 3.98. The highest BCUT2D eigenvalue weighted by Gasteiger charge is 2.25. The van der Waals surface area contributed by atoms with E-state index in [9.17, 15) is 13.5 Å². The molecule has 1 fully saturated rings. The van der Waals surface area contributed by atoms with Gasteiger partial charge in [-0.15, -0.1) is 0 Å². The van der Waals surface area contributed by atoms with Crippen molar-refractivity contribution >= 4 is 10.0 Å². The molecule has 4 nitrogen and oxygen atoms in total. The first kappa shape index (κ1) is 14.5. The van der Waals surface area contributed by atoms with Crippen molar-refractivity contribution in [1.82, 2.24) is 4.72 Å². The molecule has 2 N–H and O–H groups in total. The number of aliphatic hydroxyl groups is 1. The van der Waals surface area contributed by atoms with E-state index < -0.39 is 10.0 Å². The van der Waals surface area contributed by atoms with Crippen LogP contribution in [0.5, 0.6) is 0 Å². The number of hydrogen-bond donors (Lipinski definition) is 2. The molecule has 2 atom stereocenters. The monoisotopic (exact) mass is 283 g/mol. The summed E-state index contributed by atoms with van der Waals surface area (Å²) < 4.78 is 27.2. The molecule has 1 saturated carbocycles. The minimum Gasteiger partial charge on any atom is -0.393 e. The summed E-state index contributed by atoms with van der Waals surface area (Å²) in [5.74, 6) is 0.245. The SMILES string of the molecule is Cc1ccc(C)c(S(=O)(=O)NCC2CCC(O)C2)c1. The zero-order chi connectivity index (χ0) is 14.0. The van der Waals surface area contributed by atoms with Crippen molar-refractivity contribution < 1.29 is 13.5 Å². The topological polar surface area (TPSA) is 66.4 Å². The van der Waals surface area contributed by atoms with Crippen LogP contribution >= 0.6 is 0 Å². The lowest BCUT2D eigenvalue weighted by atomic mass is 10.1. The van der Waals surface area contributed by atoms with Gasteiger partial charge in [-0.2, -0.15) is 0 Å². The van der Waals surface area contributed by atoms with Crippen LogP contribution in [0.25, 0.3) is 0 Å². The number of benzene rings is 1. The summed E-state index contributed by atoms with van der Waals surface area (Å²) in [7, 11) is -3.45. The van der Waals surface area contributed by atoms with E-state index >= 15 is 0 Å². The molecule has 0 amide bonds. The van der Waals surface area contributed by atoms with Crippen molar-refractivity contribution in [3.8, 4) is 0 Å². The van der Waals surface area contributed by atoms with E-state index in [4.69, 9.17) is 0 Å². The van der Waals surface area contributed by atoms with E-state index in [1.165, 1.54) is 0 Å². The fourth-order valence-electron chi connectivity index (χ4n) is 2.54. The van der Waals surface area contributed by atoms with E-state index in [0.717, 1.165) is 24.0 Å². The molecule has 0 radical (unpaired) electrons. The molecule has 2 unspecified atom stereocenters. The van der Waals surface area contributed by atoms with Crippen LogP contribution in [-0.2, 0) is 10.0 Å². The minimum atomic E-state index is -3.45. The van der Waals surface area contributed by atoms with Gasteiger partial charge in [-0.3, -0.25) is 0 Å². The third-order valence-electron chi connectivity index (χ3n) is 3.71. The molecule has 1 aromatic rings. The number of rotatable bonds is 4. The standard InChI is InChI=1S/C14H21NO3S/c1-10-3-4-11(2)14(7-10)19(17,18)15-9-12-5-6-13(16)8-12/h3-4,7,12-13,15-16H,5-6,8-9H2,1-2H3. The molecule has 1 aliphatic carbocycles. The van der Waals surface area contributed by atoms with Crippen molar-refractivity contribution in [2.75, 3.05) is 6.54 Å². The molecule has 19 heavy (non-hydrogen) atoms. The number of nitrogens with one attached hydrogen (secondary N) is 1. The zero-order valence-electron chi connectivity index (χ0n) is 11.4. The number of aliphatic hydroxyl groups excluding tert-OH is 1. The Labute approximate surface area is 114 Å². The minimum absolute atomic E-state index is 0.245. The van der Waals surface area contributed by atoms with E-state index in [-0.39, 0.29) is 12.0 Å². The van der Waals surface area contributed by atoms with Gasteiger partial charge in [0.15, 0.2) is 0 Å². The van der Waals surface area contributed by atoms with Crippen LogP contribution in [0, 0.1) is 19.8 Å². The van der Waals surface area contributed by atoms with Gasteiger partial charge in [0.25, 0.3) is 0 Å². The summed E-state index contributed by atoms with van der Waals surface area (Å²) in [6.07, 6.45) is 2.08. The van der Waals surface area contributed by atoms with Gasteiger partial charge in [0.1, 0.15) is 0 Å². The average molecular weight is 283 g/mol. The molecule has 0 heterocycles. The number of sulfonamides is 1. The fraction of sp³-hybridized carbons (Fsp3) is 0.571. The third-order valence-corrected chi connectivity index (χ3v) is 5.27. The largest absolute Gasteiger partial charge is 0.393 e. The van der Waals surface area contributed by atoms with Crippen molar-refractivity contribution in [1.29, 1.82) is 0 Å². The van der Waals surface area contributed by atoms with Gasteiger partial charge < -0.3 is 5.11 Å². The molecular weight excluding hydrogens is 262 g/mol. The predicted molar refractivity (Wildman–Crippen MR) is 74.5 cm³/mol. The van der Waals surface area contributed by atoms with Gasteiger partial charge in [-0.1, -0.05) is 12.1 Å². The highest BCUT2D eigenvalue weighted by atomic mass is 32.2. The highest BCUT2D eigenvalue weighted by Crippen LogP contribution is 2.25. The highest BCUT2D eigenvalue weighted by molar-refractivity contribution is 7.89. The van der Waals surface area contributed by atoms with Crippen LogP contribution in [0.1, 0.15) is 30.4 Å². The van der Waals surface area contributed by atoms with E-state index in [1.54, 1.807) is 13.0 Å². The molecule has 2 rings (SSSR count). The molecule has 5 heteroatoms. The molecule has 106 valence electrons. The number of hydrogen-bond acceptors (Lipinski definition) is 3. The number of aryl methyl sites for hydroxylation is 2. The summed E-state index contributed by atoms with van der Waals surface area (Å²) >= 11 is 0. The van der Waals surface area contributed by atoms with Crippen LogP contribution in [0.15, 0.2) is 23.1 Å². The Bertz CT molecular complexity index is 554. The molecule has 0 spiro atoms. The molecule has 1 aliphatic rings. The Morgan fingerprint density at radius 2 is 2.05 bits per heavy atom. The molecule has 0 bridgehead atoms. The van der Waals surface area contributed by atoms with Gasteiger partial charge in [-0.25, -0.2) is 13.1 Å². The molecule has 0 aromatic heterocycles. The predicted octanol–water partition coefficient (Wildman–Crippen LogP) is 1.74. The Morgan fingerprint density at radius 3 is 2.68 bits per heavy atom. The summed E-state index contributed by atoms with van der Waals surface area (Å²) in [6, 6.07) is 5.42. The Balaban J connectivity index is 2.08. The lowest BCUT2D eigenvalue weighted by molar-refractivity contribution is 0.178. The van der Waals surface area contributed by atoms with Gasteiger partial charge >= 0.3 is 0 Å². The summed E-state index contributed by atoms with van der Waals surface area (Å²) in [4.78, 5) is 0.353. The second kappa shape index (κ2) is 5.61. The van der Waals surface area contributed by atoms with Crippen LogP contribution in [0.3, 0.4) is 0 Å². The Kier molecular flexibility index (Phi) is 4.28. The van der Waals surface area contributed by atoms with E-state index in [0.29, 0.717) is 17.9 Å². The Morgan fingerprint density at radius 1 is 1.32 bits per heavy atom. The van der Waals surface area contributed by atoms with E-state index in [2.05, 4.69) is 4.72 Å². The smallest absolute Gasteiger partial charge is 0.240 e. The first-order valence-electron chi connectivity index (χ1n) is 6.63. The van der Waals surface area contributed by atoms with Crippen molar-refractivity contribution in [2.24, 2.45) is 5.92 Å². The molecule has 0 saturated heterocycles. The van der Waals surface area contributed by atoms with Crippen molar-refractivity contribution in [2.45, 2.75) is 44.1 Å². The third kappa shape index (κ3) is 3.55. The normalized spacial score (nSPS) is 23.7. The van der Waals surface area contributed by atoms with Gasteiger partial charge in [-0.05, 0) is 56.2 Å². The lowest BCUT2D eigenvalue weighted by Gasteiger charge is -2.13. The van der Waals surface area contributed by atoms with Gasteiger partial charge in [0.05, 0.1) is 11.0 Å². The summed E-state index contributed by atoms with van der Waals surface area (Å²) in [5, 5.41) is 9.45. The molecule has 1 aromatic carbocycles. The summed E-state index contributed by atoms with van der Waals surface area (Å²) in [6.45, 7) is 4.09. The van der Waals surface area contributed by atoms with Crippen molar-refractivity contribution in [3.63, 3.8) is 0 Å². The first-order valence-corrected chi connectivity index (χ1v) is 8.12. The Hall–Kier alpha value is -0.910. The second-order valence-corrected chi connectivity index (χ2v) is 7.19.